The van der Waals surface area contributed by atoms with Gasteiger partial charge in [-0.15, -0.1) is 0 Å². The molecule has 0 spiro atoms. The summed E-state index contributed by atoms with van der Waals surface area (Å²) in [6, 6.07) is 0. The molecule has 2 aliphatic rings. The van der Waals surface area contributed by atoms with Gasteiger partial charge in [-0.3, -0.25) is 9.79 Å². The number of aromatic nitrogens is 2. The highest BCUT2D eigenvalue weighted by Crippen LogP contribution is 2.48. The maximum Gasteiger partial charge on any atom is 0.276 e. The van der Waals surface area contributed by atoms with Crippen molar-refractivity contribution in [1.29, 1.82) is 0 Å². The molecule has 2 aromatic rings. The summed E-state index contributed by atoms with van der Waals surface area (Å²) in [6.07, 6.45) is 6.16. The van der Waals surface area contributed by atoms with Gasteiger partial charge >= 0.3 is 0 Å². The number of hydrogen-bond donors (Lipinski definition) is 0. The Bertz CT molecular complexity index is 943. The van der Waals surface area contributed by atoms with Crippen LogP contribution in [0.1, 0.15) is 48.8 Å². The van der Waals surface area contributed by atoms with Crippen molar-refractivity contribution in [3.8, 4) is 0 Å². The van der Waals surface area contributed by atoms with Crippen molar-refractivity contribution in [3.05, 3.63) is 43.9 Å². The minimum absolute atomic E-state index is 0.0996. The summed E-state index contributed by atoms with van der Waals surface area (Å²) in [5.74, 6) is 0. The van der Waals surface area contributed by atoms with E-state index in [1.165, 1.54) is 5.56 Å². The van der Waals surface area contributed by atoms with E-state index in [-0.39, 0.29) is 17.8 Å². The average Bonchev–Trinajstić information content (AvgIpc) is 3.09. The van der Waals surface area contributed by atoms with Gasteiger partial charge in [0.2, 0.25) is 0 Å². The number of nitrogens with zero attached hydrogens (tertiary/aromatic N) is 3. The summed E-state index contributed by atoms with van der Waals surface area (Å²) in [5.41, 5.74) is 3.47. The van der Waals surface area contributed by atoms with Gasteiger partial charge in [0, 0.05) is 29.6 Å². The standard InChI is InChI=1S/C16H17N3O2/c1-4-9-13(17-3)12-10-5-6-11(21-10)14(12)19-7-8(2)16(20)18-15(9)19/h4,7,10-11H,5-6H2,1-3H3/b9-4+,17-13+. The van der Waals surface area contributed by atoms with Crippen LogP contribution in [-0.2, 0) is 4.74 Å². The van der Waals surface area contributed by atoms with E-state index in [1.54, 1.807) is 14.0 Å². The van der Waals surface area contributed by atoms with Crippen LogP contribution in [0.3, 0.4) is 0 Å². The van der Waals surface area contributed by atoms with E-state index in [0.29, 0.717) is 11.2 Å². The van der Waals surface area contributed by atoms with Crippen molar-refractivity contribution in [2.45, 2.75) is 38.9 Å². The second kappa shape index (κ2) is 4.24. The Morgan fingerprint density at radius 2 is 2.19 bits per heavy atom. The highest BCUT2D eigenvalue weighted by atomic mass is 16.5. The largest absolute Gasteiger partial charge is 0.364 e. The minimum Gasteiger partial charge on any atom is -0.364 e. The van der Waals surface area contributed by atoms with Crippen molar-refractivity contribution in [2.24, 2.45) is 4.99 Å². The van der Waals surface area contributed by atoms with E-state index < -0.39 is 0 Å². The lowest BCUT2D eigenvalue weighted by atomic mass is 9.94. The van der Waals surface area contributed by atoms with Gasteiger partial charge in [0.15, 0.2) is 0 Å². The Hall–Kier alpha value is -2.01. The van der Waals surface area contributed by atoms with Crippen LogP contribution in [0.2, 0.25) is 0 Å². The van der Waals surface area contributed by atoms with Gasteiger partial charge in [-0.05, 0) is 26.7 Å². The first-order valence-corrected chi connectivity index (χ1v) is 7.30. The van der Waals surface area contributed by atoms with Gasteiger partial charge in [-0.25, -0.2) is 0 Å². The highest BCUT2D eigenvalue weighted by Gasteiger charge is 2.41. The molecule has 0 saturated carbocycles. The number of fused-ring (bicyclic) bond motifs is 7. The molecule has 1 saturated heterocycles. The van der Waals surface area contributed by atoms with Crippen LogP contribution < -0.4 is 16.1 Å². The molecule has 2 atom stereocenters. The molecule has 0 aliphatic carbocycles. The maximum absolute atomic E-state index is 12.0. The van der Waals surface area contributed by atoms with Crippen LogP contribution in [0.5, 0.6) is 0 Å². The smallest absolute Gasteiger partial charge is 0.276 e. The zero-order valence-electron chi connectivity index (χ0n) is 12.4. The molecule has 5 nitrogen and oxygen atoms in total. The first kappa shape index (κ1) is 12.7. The molecule has 2 unspecified atom stereocenters. The molecule has 5 heteroatoms. The molecule has 1 fully saturated rings. The number of pyridine rings is 1. The summed E-state index contributed by atoms with van der Waals surface area (Å²) in [4.78, 5) is 20.7. The summed E-state index contributed by atoms with van der Waals surface area (Å²) in [6.45, 7) is 3.76. The van der Waals surface area contributed by atoms with Gasteiger partial charge in [0.05, 0.1) is 23.3 Å². The number of rotatable bonds is 0. The molecule has 4 rings (SSSR count). The monoisotopic (exact) mass is 283 g/mol. The minimum atomic E-state index is -0.177. The Labute approximate surface area is 121 Å². The van der Waals surface area contributed by atoms with E-state index in [4.69, 9.17) is 4.74 Å². The number of aryl methyl sites for hydroxylation is 1. The van der Waals surface area contributed by atoms with Gasteiger partial charge in [-0.1, -0.05) is 6.08 Å². The molecular weight excluding hydrogens is 266 g/mol. The van der Waals surface area contributed by atoms with Crippen molar-refractivity contribution in [1.82, 2.24) is 9.38 Å². The fraction of sp³-hybridized carbons (Fsp3) is 0.438. The maximum atomic E-state index is 12.0. The van der Waals surface area contributed by atoms with Crippen LogP contribution in [0, 0.1) is 6.92 Å². The second-order valence-electron chi connectivity index (χ2n) is 5.69. The zero-order valence-corrected chi connectivity index (χ0v) is 12.4. The van der Waals surface area contributed by atoms with Gasteiger partial charge in [0.25, 0.3) is 5.56 Å². The number of ether oxygens (including phenoxy) is 1. The summed E-state index contributed by atoms with van der Waals surface area (Å²) >= 11 is 0. The summed E-state index contributed by atoms with van der Waals surface area (Å²) < 4.78 is 8.10. The summed E-state index contributed by atoms with van der Waals surface area (Å²) in [5, 5.41) is 1.85. The van der Waals surface area contributed by atoms with Gasteiger partial charge < -0.3 is 9.14 Å². The third kappa shape index (κ3) is 1.52. The second-order valence-corrected chi connectivity index (χ2v) is 5.69. The first-order chi connectivity index (χ1) is 10.2. The molecule has 2 aliphatic heterocycles. The molecule has 0 N–H and O–H groups in total. The SMILES string of the molecule is C/C=c1\c(=N/C)c2c(n3cc(C)c(=O)nc13)C1CCC2O1. The van der Waals surface area contributed by atoms with Gasteiger partial charge in [-0.2, -0.15) is 4.98 Å². The Kier molecular flexibility index (Phi) is 2.57. The lowest BCUT2D eigenvalue weighted by molar-refractivity contribution is 0.0696. The first-order valence-electron chi connectivity index (χ1n) is 7.30. The van der Waals surface area contributed by atoms with Crippen molar-refractivity contribution in [3.63, 3.8) is 0 Å². The predicted molar refractivity (Wildman–Crippen MR) is 78.8 cm³/mol. The molecule has 2 bridgehead atoms. The van der Waals surface area contributed by atoms with Crippen LogP contribution in [0.15, 0.2) is 16.0 Å². The van der Waals surface area contributed by atoms with E-state index in [2.05, 4.69) is 9.98 Å². The molecule has 2 aromatic heterocycles. The third-order valence-corrected chi connectivity index (χ3v) is 4.54. The van der Waals surface area contributed by atoms with Crippen LogP contribution >= 0.6 is 0 Å². The molecule has 0 amide bonds. The average molecular weight is 283 g/mol. The molecule has 21 heavy (non-hydrogen) atoms. The molecule has 0 aromatic carbocycles. The van der Waals surface area contributed by atoms with Crippen molar-refractivity contribution < 1.29 is 4.74 Å². The van der Waals surface area contributed by atoms with E-state index in [9.17, 15) is 4.79 Å². The molecule has 4 heterocycles. The Morgan fingerprint density at radius 3 is 2.90 bits per heavy atom. The number of hydrogen-bond acceptors (Lipinski definition) is 4. The Balaban J connectivity index is 2.33. The quantitative estimate of drug-likeness (QED) is 0.723. The van der Waals surface area contributed by atoms with Crippen LogP contribution in [0.4, 0.5) is 0 Å². The predicted octanol–water partition coefficient (Wildman–Crippen LogP) is 0.959. The molecule has 108 valence electrons. The molecular formula is C16H17N3O2. The highest BCUT2D eigenvalue weighted by molar-refractivity contribution is 5.51. The van der Waals surface area contributed by atoms with E-state index >= 15 is 0 Å². The topological polar surface area (TPSA) is 56.0 Å². The third-order valence-electron chi connectivity index (χ3n) is 4.54. The van der Waals surface area contributed by atoms with Crippen LogP contribution in [-0.4, -0.2) is 16.4 Å². The van der Waals surface area contributed by atoms with Crippen molar-refractivity contribution >= 4 is 11.7 Å². The van der Waals surface area contributed by atoms with Gasteiger partial charge in [0.1, 0.15) is 5.65 Å². The van der Waals surface area contributed by atoms with Crippen molar-refractivity contribution in [2.75, 3.05) is 7.05 Å². The lowest BCUT2D eigenvalue weighted by Crippen LogP contribution is -2.36. The normalized spacial score (nSPS) is 25.1. The molecule has 0 radical (unpaired) electrons. The van der Waals surface area contributed by atoms with Crippen LogP contribution in [0.25, 0.3) is 11.7 Å². The van der Waals surface area contributed by atoms with E-state index in [0.717, 1.165) is 29.1 Å². The summed E-state index contributed by atoms with van der Waals surface area (Å²) in [7, 11) is 1.79. The lowest BCUT2D eigenvalue weighted by Gasteiger charge is -2.17. The zero-order chi connectivity index (χ0) is 14.7. The fourth-order valence-electron chi connectivity index (χ4n) is 3.63. The van der Waals surface area contributed by atoms with E-state index in [1.807, 2.05) is 23.6 Å². The Morgan fingerprint density at radius 1 is 1.43 bits per heavy atom. The fourth-order valence-corrected chi connectivity index (χ4v) is 3.63.